The van der Waals surface area contributed by atoms with Crippen LogP contribution in [0, 0.1) is 11.8 Å². The molecule has 9 heteroatoms. The molecule has 0 radical (unpaired) electrons. The van der Waals surface area contributed by atoms with Gasteiger partial charge in [0, 0.05) is 30.1 Å². The van der Waals surface area contributed by atoms with Crippen molar-refractivity contribution < 1.29 is 29.0 Å². The average molecular weight is 557 g/mol. The number of likely N-dealkylation sites (tertiary alicyclic amines) is 1. The number of carbonyl (C=O) groups is 3. The molecule has 1 aromatic rings. The van der Waals surface area contributed by atoms with Crippen LogP contribution < -0.4 is 9.64 Å². The number of hydrogen-bond donors (Lipinski definition) is 1. The van der Waals surface area contributed by atoms with Crippen LogP contribution in [0.2, 0.25) is 0 Å². The Bertz CT molecular complexity index is 1090. The summed E-state index contributed by atoms with van der Waals surface area (Å²) in [5.74, 6) is -1.25. The molecule has 0 saturated carbocycles. The van der Waals surface area contributed by atoms with Crippen molar-refractivity contribution in [3.8, 4) is 5.75 Å². The maximum Gasteiger partial charge on any atom is 0.311 e. The summed E-state index contributed by atoms with van der Waals surface area (Å²) < 4.78 is 9.60. The predicted molar refractivity (Wildman–Crippen MR) is 153 cm³/mol. The first kappa shape index (κ1) is 29.2. The highest BCUT2D eigenvalue weighted by Gasteiger charge is 2.77. The molecule has 2 unspecified atom stereocenters. The van der Waals surface area contributed by atoms with Crippen molar-refractivity contribution in [1.29, 1.82) is 0 Å². The van der Waals surface area contributed by atoms with E-state index in [2.05, 4.69) is 13.2 Å². The van der Waals surface area contributed by atoms with Crippen molar-refractivity contribution in [2.45, 2.75) is 61.0 Å². The Hall–Kier alpha value is -2.78. The highest BCUT2D eigenvalue weighted by atomic mass is 32.2. The van der Waals surface area contributed by atoms with Crippen LogP contribution in [0.25, 0.3) is 0 Å². The summed E-state index contributed by atoms with van der Waals surface area (Å²) in [4.78, 5) is 45.4. The van der Waals surface area contributed by atoms with Gasteiger partial charge in [-0.15, -0.1) is 18.3 Å². The second-order valence-corrected chi connectivity index (χ2v) is 12.6. The highest BCUT2D eigenvalue weighted by molar-refractivity contribution is 8.02. The maximum absolute atomic E-state index is 14.5. The van der Waals surface area contributed by atoms with E-state index in [-0.39, 0.29) is 37.5 Å². The van der Waals surface area contributed by atoms with E-state index in [9.17, 15) is 14.4 Å². The van der Waals surface area contributed by atoms with Gasteiger partial charge in [-0.25, -0.2) is 0 Å². The van der Waals surface area contributed by atoms with E-state index < -0.39 is 27.4 Å². The number of unbranched alkanes of at least 4 members (excludes halogenated alkanes) is 3. The first-order chi connectivity index (χ1) is 18.8. The Morgan fingerprint density at radius 2 is 1.87 bits per heavy atom. The molecular weight excluding hydrogens is 516 g/mol. The third-order valence-electron chi connectivity index (χ3n) is 8.38. The standard InChI is InChI=1S/C30H40N2O6S/c1-5-17-31(21-11-13-22(37-4)14-12-21)27(35)25-30-16-15-29(3,39-30)24(28(36)38-20-6-2)23(30)26(34)32(25)18-9-7-8-10-19-33/h5-6,11-14,23-25,33H,1-2,7-10,15-20H2,3-4H3/t23-,24-,25?,29+,30?/m0/s1. The van der Waals surface area contributed by atoms with Crippen LogP contribution in [-0.2, 0) is 19.1 Å². The number of aliphatic hydroxyl groups excluding tert-OH is 1. The Labute approximate surface area is 235 Å². The highest BCUT2D eigenvalue weighted by Crippen LogP contribution is 2.71. The van der Waals surface area contributed by atoms with Crippen LogP contribution in [0.15, 0.2) is 49.6 Å². The monoisotopic (exact) mass is 556 g/mol. The Morgan fingerprint density at radius 3 is 2.51 bits per heavy atom. The summed E-state index contributed by atoms with van der Waals surface area (Å²) in [5, 5.41) is 9.15. The number of anilines is 1. The number of fused-ring (bicyclic) bond motifs is 1. The quantitative estimate of drug-likeness (QED) is 0.210. The Morgan fingerprint density at radius 1 is 1.15 bits per heavy atom. The SMILES string of the molecule is C=CCOC(=O)[C@@H]1[C@H]2C(=O)N(CCCCCCO)C(C(=O)N(CC=C)c3ccc(OC)cc3)C23CC[C@@]1(C)S3. The van der Waals surface area contributed by atoms with Gasteiger partial charge in [0.2, 0.25) is 5.91 Å². The molecule has 212 valence electrons. The van der Waals surface area contributed by atoms with E-state index in [1.165, 1.54) is 6.08 Å². The summed E-state index contributed by atoms with van der Waals surface area (Å²) in [6, 6.07) is 6.57. The molecule has 39 heavy (non-hydrogen) atoms. The van der Waals surface area contributed by atoms with E-state index in [0.717, 1.165) is 25.7 Å². The lowest BCUT2D eigenvalue weighted by Crippen LogP contribution is -2.55. The number of nitrogens with zero attached hydrogens (tertiary/aromatic N) is 2. The van der Waals surface area contributed by atoms with E-state index in [4.69, 9.17) is 14.6 Å². The van der Waals surface area contributed by atoms with Crippen molar-refractivity contribution in [3.63, 3.8) is 0 Å². The number of aliphatic hydroxyl groups is 1. The molecule has 0 aromatic heterocycles. The van der Waals surface area contributed by atoms with Crippen LogP contribution in [0.5, 0.6) is 5.75 Å². The lowest BCUT2D eigenvalue weighted by Gasteiger charge is -2.37. The summed E-state index contributed by atoms with van der Waals surface area (Å²) in [6.45, 7) is 10.5. The molecule has 3 fully saturated rings. The van der Waals surface area contributed by atoms with E-state index in [0.29, 0.717) is 30.8 Å². The number of rotatable bonds is 14. The van der Waals surface area contributed by atoms with Crippen molar-refractivity contribution in [1.82, 2.24) is 4.90 Å². The number of esters is 1. The number of benzene rings is 1. The third-order valence-corrected chi connectivity index (χ3v) is 10.4. The number of hydrogen-bond acceptors (Lipinski definition) is 7. The molecule has 2 bridgehead atoms. The molecule has 0 aliphatic carbocycles. The van der Waals surface area contributed by atoms with E-state index in [1.807, 2.05) is 19.1 Å². The number of methoxy groups -OCH3 is 1. The molecule has 5 atom stereocenters. The average Bonchev–Trinajstić information content (AvgIpc) is 3.50. The number of thioether (sulfide) groups is 1. The Balaban J connectivity index is 1.72. The van der Waals surface area contributed by atoms with E-state index in [1.54, 1.807) is 46.9 Å². The summed E-state index contributed by atoms with van der Waals surface area (Å²) in [6.07, 6.45) is 7.74. The predicted octanol–water partition coefficient (Wildman–Crippen LogP) is 3.98. The Kier molecular flexibility index (Phi) is 9.11. The van der Waals surface area contributed by atoms with Crippen molar-refractivity contribution in [2.24, 2.45) is 11.8 Å². The third kappa shape index (κ3) is 5.23. The zero-order valence-electron chi connectivity index (χ0n) is 23.0. The van der Waals surface area contributed by atoms with Gasteiger partial charge in [0.15, 0.2) is 0 Å². The van der Waals surface area contributed by atoms with Gasteiger partial charge in [-0.2, -0.15) is 0 Å². The molecule has 3 heterocycles. The first-order valence-electron chi connectivity index (χ1n) is 13.7. The van der Waals surface area contributed by atoms with Gasteiger partial charge >= 0.3 is 5.97 Å². The molecule has 3 aliphatic rings. The first-order valence-corrected chi connectivity index (χ1v) is 14.5. The van der Waals surface area contributed by atoms with Crippen LogP contribution in [0.1, 0.15) is 45.4 Å². The van der Waals surface area contributed by atoms with Crippen molar-refractivity contribution >= 4 is 35.2 Å². The van der Waals surface area contributed by atoms with Crippen LogP contribution in [0.4, 0.5) is 5.69 Å². The molecule has 8 nitrogen and oxygen atoms in total. The zero-order valence-corrected chi connectivity index (χ0v) is 23.8. The van der Waals surface area contributed by atoms with Crippen molar-refractivity contribution in [3.05, 3.63) is 49.6 Å². The summed E-state index contributed by atoms with van der Waals surface area (Å²) >= 11 is 1.63. The lowest BCUT2D eigenvalue weighted by atomic mass is 9.66. The topological polar surface area (TPSA) is 96.4 Å². The molecule has 3 aliphatic heterocycles. The van der Waals surface area contributed by atoms with Gasteiger partial charge in [-0.3, -0.25) is 14.4 Å². The van der Waals surface area contributed by atoms with Crippen LogP contribution in [-0.4, -0.2) is 76.7 Å². The lowest BCUT2D eigenvalue weighted by molar-refractivity contribution is -0.154. The second-order valence-electron chi connectivity index (χ2n) is 10.8. The van der Waals surface area contributed by atoms with Gasteiger partial charge in [-0.1, -0.05) is 31.6 Å². The van der Waals surface area contributed by atoms with Crippen molar-refractivity contribution in [2.75, 3.05) is 38.3 Å². The fourth-order valence-corrected chi connectivity index (χ4v) is 8.98. The minimum absolute atomic E-state index is 0.0888. The van der Waals surface area contributed by atoms with Crippen LogP contribution >= 0.6 is 11.8 Å². The minimum atomic E-state index is -0.711. The van der Waals surface area contributed by atoms with Gasteiger partial charge in [0.1, 0.15) is 18.4 Å². The van der Waals surface area contributed by atoms with Gasteiger partial charge < -0.3 is 24.4 Å². The molecule has 1 spiro atoms. The number of amides is 2. The molecule has 3 saturated heterocycles. The largest absolute Gasteiger partial charge is 0.497 e. The second kappa shape index (κ2) is 12.2. The fraction of sp³-hybridized carbons (Fsp3) is 0.567. The summed E-state index contributed by atoms with van der Waals surface area (Å²) in [5.41, 5.74) is 0.696. The zero-order chi connectivity index (χ0) is 28.2. The maximum atomic E-state index is 14.5. The van der Waals surface area contributed by atoms with Gasteiger partial charge in [0.25, 0.3) is 5.91 Å². The van der Waals surface area contributed by atoms with Crippen LogP contribution in [0.3, 0.4) is 0 Å². The smallest absolute Gasteiger partial charge is 0.311 e. The van der Waals surface area contributed by atoms with E-state index >= 15 is 0 Å². The number of carbonyl (C=O) groups excluding carboxylic acids is 3. The summed E-state index contributed by atoms with van der Waals surface area (Å²) in [7, 11) is 1.59. The molecule has 4 rings (SSSR count). The molecule has 1 aromatic carbocycles. The number of ether oxygens (including phenoxy) is 2. The molecule has 2 amide bonds. The van der Waals surface area contributed by atoms with Gasteiger partial charge in [-0.05, 0) is 56.9 Å². The molecular formula is C30H40N2O6S. The fourth-order valence-electron chi connectivity index (χ4n) is 6.64. The molecule has 1 N–H and O–H groups in total. The van der Waals surface area contributed by atoms with Gasteiger partial charge in [0.05, 0.1) is 23.7 Å². The normalized spacial score (nSPS) is 28.7. The minimum Gasteiger partial charge on any atom is -0.497 e.